The first kappa shape index (κ1) is 18.3. The highest BCUT2D eigenvalue weighted by Crippen LogP contribution is 2.45. The van der Waals surface area contributed by atoms with E-state index in [1.165, 1.54) is 0 Å². The molecule has 2 aromatic heterocycles. The lowest BCUT2D eigenvalue weighted by molar-refractivity contribution is 0.403. The van der Waals surface area contributed by atoms with Gasteiger partial charge >= 0.3 is 0 Å². The number of anilines is 1. The molecular formula is C21H22N4O2S. The van der Waals surface area contributed by atoms with E-state index in [0.717, 1.165) is 28.4 Å². The average molecular weight is 395 g/mol. The Kier molecular flexibility index (Phi) is 4.92. The third kappa shape index (κ3) is 3.18. The van der Waals surface area contributed by atoms with Crippen LogP contribution < -0.4 is 19.7 Å². The Morgan fingerprint density at radius 1 is 1.11 bits per heavy atom. The topological polar surface area (TPSA) is 51.6 Å². The zero-order chi connectivity index (χ0) is 19.7. The molecule has 7 heteroatoms. The minimum absolute atomic E-state index is 0.0791. The van der Waals surface area contributed by atoms with E-state index in [4.69, 9.17) is 21.7 Å². The number of benzene rings is 1. The predicted octanol–water partition coefficient (Wildman–Crippen LogP) is 3.61. The number of aromatic nitrogens is 2. The molecular weight excluding hydrogens is 372 g/mol. The van der Waals surface area contributed by atoms with Crippen LogP contribution in [0.5, 0.6) is 11.5 Å². The zero-order valence-electron chi connectivity index (χ0n) is 16.0. The van der Waals surface area contributed by atoms with Crippen LogP contribution >= 0.6 is 12.2 Å². The van der Waals surface area contributed by atoms with E-state index in [1.54, 1.807) is 20.4 Å². The monoisotopic (exact) mass is 394 g/mol. The number of hydrogen-bond donors (Lipinski definition) is 1. The molecule has 0 amide bonds. The summed E-state index contributed by atoms with van der Waals surface area (Å²) in [6, 6.07) is 13.6. The molecule has 3 heterocycles. The number of nitrogens with zero attached hydrogens (tertiary/aromatic N) is 3. The predicted molar refractivity (Wildman–Crippen MR) is 113 cm³/mol. The van der Waals surface area contributed by atoms with Crippen LogP contribution in [-0.2, 0) is 7.05 Å². The van der Waals surface area contributed by atoms with Crippen LogP contribution in [0.3, 0.4) is 0 Å². The highest BCUT2D eigenvalue weighted by atomic mass is 32.1. The second-order valence-corrected chi connectivity index (χ2v) is 7.03. The van der Waals surface area contributed by atoms with Crippen molar-refractivity contribution in [2.45, 2.75) is 12.1 Å². The molecule has 0 radical (unpaired) electrons. The van der Waals surface area contributed by atoms with Crippen LogP contribution in [0.2, 0.25) is 0 Å². The number of thiocarbonyl (C=S) groups is 1. The average Bonchev–Trinajstić information content (AvgIpc) is 3.30. The van der Waals surface area contributed by atoms with E-state index in [9.17, 15) is 0 Å². The molecule has 3 aromatic rings. The van der Waals surface area contributed by atoms with Crippen LogP contribution in [0.4, 0.5) is 5.69 Å². The summed E-state index contributed by atoms with van der Waals surface area (Å²) in [5.41, 5.74) is 2.92. The van der Waals surface area contributed by atoms with Crippen LogP contribution in [0.25, 0.3) is 0 Å². The first-order valence-corrected chi connectivity index (χ1v) is 9.37. The maximum absolute atomic E-state index is 5.75. The van der Waals surface area contributed by atoms with Crippen molar-refractivity contribution in [2.24, 2.45) is 7.05 Å². The third-order valence-corrected chi connectivity index (χ3v) is 5.25. The number of nitrogens with one attached hydrogen (secondary N) is 1. The smallest absolute Gasteiger partial charge is 0.174 e. The summed E-state index contributed by atoms with van der Waals surface area (Å²) < 4.78 is 13.1. The Labute approximate surface area is 169 Å². The number of aryl methyl sites for hydroxylation is 1. The highest BCUT2D eigenvalue weighted by molar-refractivity contribution is 7.80. The standard InChI is InChI=1S/C21H22N4O2S/c1-24-11-9-14(13-24)20-19(16-6-4-5-10-22-16)23-21(28)25(20)17-12-15(26-2)7-8-18(17)27-3/h4-13,19-20H,1-3H3,(H,23,28)/t19-,20+/m0/s1. The van der Waals surface area contributed by atoms with Gasteiger partial charge in [0.2, 0.25) is 0 Å². The zero-order valence-corrected chi connectivity index (χ0v) is 16.8. The lowest BCUT2D eigenvalue weighted by atomic mass is 9.98. The first-order valence-electron chi connectivity index (χ1n) is 8.97. The van der Waals surface area contributed by atoms with Gasteiger partial charge < -0.3 is 24.3 Å². The van der Waals surface area contributed by atoms with E-state index in [0.29, 0.717) is 5.11 Å². The van der Waals surface area contributed by atoms with Gasteiger partial charge in [-0.1, -0.05) is 6.07 Å². The molecule has 0 unspecified atom stereocenters. The molecule has 144 valence electrons. The Morgan fingerprint density at radius 2 is 1.96 bits per heavy atom. The Morgan fingerprint density at radius 3 is 2.61 bits per heavy atom. The van der Waals surface area contributed by atoms with Gasteiger partial charge in [-0.25, -0.2) is 0 Å². The summed E-state index contributed by atoms with van der Waals surface area (Å²) in [7, 11) is 5.32. The normalized spacial score (nSPS) is 18.8. The number of rotatable bonds is 5. The minimum Gasteiger partial charge on any atom is -0.497 e. The molecule has 1 saturated heterocycles. The maximum atomic E-state index is 5.75. The number of hydrogen-bond acceptors (Lipinski definition) is 4. The van der Waals surface area contributed by atoms with Gasteiger partial charge in [0.05, 0.1) is 37.7 Å². The van der Waals surface area contributed by atoms with Gasteiger partial charge in [-0.05, 0) is 48.1 Å². The van der Waals surface area contributed by atoms with E-state index < -0.39 is 0 Å². The summed E-state index contributed by atoms with van der Waals surface area (Å²) in [5.74, 6) is 1.47. The van der Waals surface area contributed by atoms with Crippen LogP contribution in [0.1, 0.15) is 23.3 Å². The number of pyridine rings is 1. The van der Waals surface area contributed by atoms with Crippen molar-refractivity contribution in [2.75, 3.05) is 19.1 Å². The second-order valence-electron chi connectivity index (χ2n) is 6.64. The summed E-state index contributed by atoms with van der Waals surface area (Å²) in [5, 5.41) is 4.08. The summed E-state index contributed by atoms with van der Waals surface area (Å²) in [4.78, 5) is 6.66. The van der Waals surface area contributed by atoms with Gasteiger partial charge in [-0.3, -0.25) is 4.98 Å². The van der Waals surface area contributed by atoms with Crippen LogP contribution in [0, 0.1) is 0 Å². The lowest BCUT2D eigenvalue weighted by Gasteiger charge is -2.28. The van der Waals surface area contributed by atoms with Gasteiger partial charge in [0.1, 0.15) is 11.5 Å². The van der Waals surface area contributed by atoms with Crippen molar-refractivity contribution in [3.8, 4) is 11.5 Å². The van der Waals surface area contributed by atoms with E-state index >= 15 is 0 Å². The van der Waals surface area contributed by atoms with Crippen molar-refractivity contribution >= 4 is 23.0 Å². The minimum atomic E-state index is -0.0907. The van der Waals surface area contributed by atoms with Gasteiger partial charge in [0.25, 0.3) is 0 Å². The molecule has 6 nitrogen and oxygen atoms in total. The Hall–Kier alpha value is -3.06. The SMILES string of the molecule is COc1ccc(OC)c(N2C(=S)N[C@@H](c3ccccn3)[C@H]2c2ccn(C)c2)c1. The van der Waals surface area contributed by atoms with Gasteiger partial charge in [0.15, 0.2) is 5.11 Å². The van der Waals surface area contributed by atoms with Crippen molar-refractivity contribution < 1.29 is 9.47 Å². The molecule has 0 bridgehead atoms. The van der Waals surface area contributed by atoms with Gasteiger partial charge in [0, 0.05) is 31.7 Å². The quantitative estimate of drug-likeness (QED) is 0.667. The van der Waals surface area contributed by atoms with Gasteiger partial charge in [-0.15, -0.1) is 0 Å². The molecule has 1 aliphatic heterocycles. The van der Waals surface area contributed by atoms with Crippen molar-refractivity contribution in [1.29, 1.82) is 0 Å². The maximum Gasteiger partial charge on any atom is 0.174 e. The number of ether oxygens (including phenoxy) is 2. The third-order valence-electron chi connectivity index (χ3n) is 4.94. The van der Waals surface area contributed by atoms with E-state index in [1.807, 2.05) is 54.2 Å². The van der Waals surface area contributed by atoms with E-state index in [2.05, 4.69) is 27.5 Å². The van der Waals surface area contributed by atoms with Crippen molar-refractivity contribution in [3.63, 3.8) is 0 Å². The molecule has 2 atom stereocenters. The van der Waals surface area contributed by atoms with Crippen molar-refractivity contribution in [1.82, 2.24) is 14.9 Å². The van der Waals surface area contributed by atoms with Crippen LogP contribution in [-0.4, -0.2) is 28.9 Å². The van der Waals surface area contributed by atoms with Gasteiger partial charge in [-0.2, -0.15) is 0 Å². The fraction of sp³-hybridized carbons (Fsp3) is 0.238. The number of methoxy groups -OCH3 is 2. The largest absolute Gasteiger partial charge is 0.497 e. The van der Waals surface area contributed by atoms with Crippen LogP contribution in [0.15, 0.2) is 61.1 Å². The highest BCUT2D eigenvalue weighted by Gasteiger charge is 2.42. The second kappa shape index (κ2) is 7.52. The Balaban J connectivity index is 1.87. The molecule has 1 N–H and O–H groups in total. The molecule has 28 heavy (non-hydrogen) atoms. The van der Waals surface area contributed by atoms with E-state index in [-0.39, 0.29) is 12.1 Å². The summed E-state index contributed by atoms with van der Waals surface area (Å²) in [6.45, 7) is 0. The Bertz CT molecular complexity index is 989. The summed E-state index contributed by atoms with van der Waals surface area (Å²) in [6.07, 6.45) is 5.94. The molecule has 0 saturated carbocycles. The molecule has 1 fully saturated rings. The van der Waals surface area contributed by atoms with Crippen molar-refractivity contribution in [3.05, 3.63) is 72.3 Å². The molecule has 0 aliphatic carbocycles. The lowest BCUT2D eigenvalue weighted by Crippen LogP contribution is -2.29. The molecule has 1 aromatic carbocycles. The fourth-order valence-corrected chi connectivity index (χ4v) is 3.98. The molecule has 0 spiro atoms. The first-order chi connectivity index (χ1) is 13.6. The fourth-order valence-electron chi connectivity index (χ4n) is 3.64. The summed E-state index contributed by atoms with van der Waals surface area (Å²) >= 11 is 5.75. The molecule has 1 aliphatic rings. The molecule has 4 rings (SSSR count).